The number of hydrogen-bond acceptors (Lipinski definition) is 5. The maximum absolute atomic E-state index is 9.83. The summed E-state index contributed by atoms with van der Waals surface area (Å²) in [4.78, 5) is 0. The monoisotopic (exact) mass is 274 g/mol. The summed E-state index contributed by atoms with van der Waals surface area (Å²) in [6, 6.07) is 0. The maximum atomic E-state index is 9.83. The summed E-state index contributed by atoms with van der Waals surface area (Å²) in [5.74, 6) is 0. The second-order valence-corrected chi connectivity index (χ2v) is 4.85. The van der Waals surface area contributed by atoms with Crippen molar-refractivity contribution in [3.63, 3.8) is 0 Å². The molecule has 5 nitrogen and oxygen atoms in total. The van der Waals surface area contributed by atoms with Crippen molar-refractivity contribution in [2.75, 3.05) is 19.8 Å². The lowest BCUT2D eigenvalue weighted by molar-refractivity contribution is -0.208. The molecule has 0 radical (unpaired) electrons. The third kappa shape index (κ3) is 5.58. The minimum atomic E-state index is -1.09. The first kappa shape index (κ1) is 16.6. The van der Waals surface area contributed by atoms with Crippen LogP contribution < -0.4 is 0 Å². The minimum Gasteiger partial charge on any atom is -0.394 e. The Morgan fingerprint density at radius 2 is 1.95 bits per heavy atom. The zero-order valence-electron chi connectivity index (χ0n) is 11.6. The predicted molar refractivity (Wildman–Crippen MR) is 71.9 cm³/mol. The summed E-state index contributed by atoms with van der Waals surface area (Å²) in [6.07, 6.45) is 5.12. The van der Waals surface area contributed by atoms with Gasteiger partial charge in [-0.3, -0.25) is 0 Å². The normalized spacial score (nSPS) is 32.0. The molecule has 0 aromatic rings. The molecule has 0 aromatic carbocycles. The molecule has 0 aromatic heterocycles. The second kappa shape index (κ2) is 9.44. The summed E-state index contributed by atoms with van der Waals surface area (Å²) >= 11 is 0. The molecular weight excluding hydrogens is 248 g/mol. The van der Waals surface area contributed by atoms with Gasteiger partial charge in [0.25, 0.3) is 0 Å². The van der Waals surface area contributed by atoms with Crippen LogP contribution in [0.15, 0.2) is 12.2 Å². The van der Waals surface area contributed by atoms with Gasteiger partial charge in [0, 0.05) is 0 Å². The molecule has 1 rings (SSSR count). The van der Waals surface area contributed by atoms with E-state index in [1.165, 1.54) is 12.8 Å². The van der Waals surface area contributed by atoms with Gasteiger partial charge in [-0.15, -0.1) is 0 Å². The molecule has 4 atom stereocenters. The molecule has 1 heterocycles. The molecule has 112 valence electrons. The summed E-state index contributed by atoms with van der Waals surface area (Å²) in [6.45, 7) is 2.55. The predicted octanol–water partition coefficient (Wildman–Crippen LogP) is 0.621. The lowest BCUT2D eigenvalue weighted by Gasteiger charge is -2.36. The van der Waals surface area contributed by atoms with E-state index in [4.69, 9.17) is 14.6 Å². The third-order valence-electron chi connectivity index (χ3n) is 3.27. The number of aliphatic hydroxyl groups is 3. The van der Waals surface area contributed by atoms with Crippen LogP contribution in [0, 0.1) is 0 Å². The van der Waals surface area contributed by atoms with Crippen LogP contribution in [0.4, 0.5) is 0 Å². The largest absolute Gasteiger partial charge is 0.394 e. The molecular formula is C14H26O5. The van der Waals surface area contributed by atoms with E-state index in [1.807, 2.05) is 0 Å². The molecule has 3 N–H and O–H groups in total. The molecule has 0 amide bonds. The second-order valence-electron chi connectivity index (χ2n) is 4.85. The molecule has 0 saturated carbocycles. The van der Waals surface area contributed by atoms with E-state index in [9.17, 15) is 10.2 Å². The third-order valence-corrected chi connectivity index (χ3v) is 3.27. The molecule has 1 fully saturated rings. The Balaban J connectivity index is 2.17. The summed E-state index contributed by atoms with van der Waals surface area (Å²) < 4.78 is 10.7. The van der Waals surface area contributed by atoms with Crippen LogP contribution in [-0.4, -0.2) is 59.6 Å². The van der Waals surface area contributed by atoms with Crippen molar-refractivity contribution in [3.8, 4) is 0 Å². The van der Waals surface area contributed by atoms with E-state index in [1.54, 1.807) is 0 Å². The van der Waals surface area contributed by atoms with E-state index < -0.39 is 24.4 Å². The SMILES string of the molecule is CCCC/C=C/CCO[C@@H]1CO[C@@H](CO)[C@H](O)[C@H]1O. The maximum Gasteiger partial charge on any atom is 0.111 e. The summed E-state index contributed by atoms with van der Waals surface area (Å²) in [5, 5.41) is 28.4. The fourth-order valence-corrected chi connectivity index (χ4v) is 2.01. The van der Waals surface area contributed by atoms with Gasteiger partial charge >= 0.3 is 0 Å². The van der Waals surface area contributed by atoms with Gasteiger partial charge in [0.2, 0.25) is 0 Å². The number of rotatable bonds is 8. The molecule has 0 spiro atoms. The molecule has 1 aliphatic rings. The Morgan fingerprint density at radius 3 is 2.63 bits per heavy atom. The van der Waals surface area contributed by atoms with Crippen molar-refractivity contribution < 1.29 is 24.8 Å². The highest BCUT2D eigenvalue weighted by molar-refractivity contribution is 4.87. The Hall–Kier alpha value is -0.460. The molecule has 0 aliphatic carbocycles. The summed E-state index contributed by atoms with van der Waals surface area (Å²) in [7, 11) is 0. The first-order chi connectivity index (χ1) is 9.20. The highest BCUT2D eigenvalue weighted by atomic mass is 16.6. The van der Waals surface area contributed by atoms with E-state index in [2.05, 4.69) is 19.1 Å². The fraction of sp³-hybridized carbons (Fsp3) is 0.857. The highest BCUT2D eigenvalue weighted by Crippen LogP contribution is 2.17. The van der Waals surface area contributed by atoms with Crippen molar-refractivity contribution in [2.24, 2.45) is 0 Å². The van der Waals surface area contributed by atoms with Gasteiger partial charge < -0.3 is 24.8 Å². The number of ether oxygens (including phenoxy) is 2. The average Bonchev–Trinajstić information content (AvgIpc) is 2.42. The Bertz CT molecular complexity index is 256. The van der Waals surface area contributed by atoms with Gasteiger partial charge in [0.1, 0.15) is 24.4 Å². The minimum absolute atomic E-state index is 0.197. The van der Waals surface area contributed by atoms with Crippen LogP contribution in [0.3, 0.4) is 0 Å². The van der Waals surface area contributed by atoms with Crippen molar-refractivity contribution in [2.45, 2.75) is 57.0 Å². The van der Waals surface area contributed by atoms with Crippen molar-refractivity contribution in [1.82, 2.24) is 0 Å². The van der Waals surface area contributed by atoms with Gasteiger partial charge in [0.15, 0.2) is 0 Å². The summed E-state index contributed by atoms with van der Waals surface area (Å²) in [5.41, 5.74) is 0. The zero-order chi connectivity index (χ0) is 14.1. The number of hydrogen-bond donors (Lipinski definition) is 3. The van der Waals surface area contributed by atoms with Gasteiger partial charge in [-0.25, -0.2) is 0 Å². The topological polar surface area (TPSA) is 79.2 Å². The Kier molecular flexibility index (Phi) is 8.25. The fourth-order valence-electron chi connectivity index (χ4n) is 2.01. The van der Waals surface area contributed by atoms with E-state index in [0.29, 0.717) is 6.61 Å². The van der Waals surface area contributed by atoms with Crippen LogP contribution in [0.1, 0.15) is 32.6 Å². The van der Waals surface area contributed by atoms with E-state index >= 15 is 0 Å². The van der Waals surface area contributed by atoms with Gasteiger partial charge in [-0.05, 0) is 12.8 Å². The first-order valence-corrected chi connectivity index (χ1v) is 7.05. The standard InChI is InChI=1S/C14H26O5/c1-2-3-4-5-6-7-8-18-12-10-19-11(9-15)13(16)14(12)17/h5-6,11-17H,2-4,7-10H2,1H3/b6-5+/t11-,12+,13-,14-/m0/s1. The van der Waals surface area contributed by atoms with Gasteiger partial charge in [-0.2, -0.15) is 0 Å². The lowest BCUT2D eigenvalue weighted by atomic mass is 10.0. The molecule has 1 saturated heterocycles. The van der Waals surface area contributed by atoms with Crippen molar-refractivity contribution >= 4 is 0 Å². The zero-order valence-corrected chi connectivity index (χ0v) is 11.6. The van der Waals surface area contributed by atoms with Crippen LogP contribution in [0.2, 0.25) is 0 Å². The highest BCUT2D eigenvalue weighted by Gasteiger charge is 2.38. The van der Waals surface area contributed by atoms with Crippen LogP contribution in [-0.2, 0) is 9.47 Å². The molecule has 0 bridgehead atoms. The van der Waals surface area contributed by atoms with Crippen LogP contribution in [0.25, 0.3) is 0 Å². The number of unbranched alkanes of at least 4 members (excludes halogenated alkanes) is 2. The van der Waals surface area contributed by atoms with Gasteiger partial charge in [0.05, 0.1) is 19.8 Å². The van der Waals surface area contributed by atoms with Gasteiger partial charge in [-0.1, -0.05) is 31.9 Å². The van der Waals surface area contributed by atoms with E-state index in [0.717, 1.165) is 12.8 Å². The van der Waals surface area contributed by atoms with E-state index in [-0.39, 0.29) is 13.2 Å². The van der Waals surface area contributed by atoms with Crippen LogP contribution >= 0.6 is 0 Å². The Morgan fingerprint density at radius 1 is 1.21 bits per heavy atom. The lowest BCUT2D eigenvalue weighted by Crippen LogP contribution is -2.55. The molecule has 0 unspecified atom stereocenters. The number of allylic oxidation sites excluding steroid dienone is 1. The Labute approximate surface area is 114 Å². The van der Waals surface area contributed by atoms with Crippen LogP contribution in [0.5, 0.6) is 0 Å². The average molecular weight is 274 g/mol. The number of aliphatic hydroxyl groups excluding tert-OH is 3. The quantitative estimate of drug-likeness (QED) is 0.447. The smallest absolute Gasteiger partial charge is 0.111 e. The van der Waals surface area contributed by atoms with Crippen molar-refractivity contribution in [1.29, 1.82) is 0 Å². The molecule has 19 heavy (non-hydrogen) atoms. The molecule has 1 aliphatic heterocycles. The first-order valence-electron chi connectivity index (χ1n) is 7.05. The molecule has 5 heteroatoms. The van der Waals surface area contributed by atoms with Crippen molar-refractivity contribution in [3.05, 3.63) is 12.2 Å².